The number of unbranched alkanes of at least 4 members (excludes halogenated alkanes) is 2. The minimum atomic E-state index is -0.237. The normalized spacial score (nSPS) is 11.3. The molecule has 0 saturated heterocycles. The second kappa shape index (κ2) is 40.3. The first-order chi connectivity index (χ1) is 23.3. The van der Waals surface area contributed by atoms with Crippen LogP contribution in [0.4, 0.5) is 0 Å². The van der Waals surface area contributed by atoms with Gasteiger partial charge in [0.05, 0.1) is 6.04 Å². The van der Waals surface area contributed by atoms with Gasteiger partial charge in [0.1, 0.15) is 0 Å². The molecule has 8 nitrogen and oxygen atoms in total. The first-order valence-corrected chi connectivity index (χ1v) is 20.1. The van der Waals surface area contributed by atoms with Gasteiger partial charge in [0, 0.05) is 53.7 Å². The molecule has 9 heteroatoms. The van der Waals surface area contributed by atoms with Crippen molar-refractivity contribution in [2.45, 2.75) is 160 Å². The topological polar surface area (TPSA) is 110 Å². The molecule has 1 heterocycles. The molecule has 0 aliphatic carbocycles. The monoisotopic (exact) mass is 892 g/mol. The van der Waals surface area contributed by atoms with Gasteiger partial charge in [0.25, 0.3) is 0 Å². The molecule has 51 heavy (non-hydrogen) atoms. The summed E-state index contributed by atoms with van der Waals surface area (Å²) in [5, 5.41) is 0. The van der Waals surface area contributed by atoms with Crippen LogP contribution in [0.5, 0.6) is 0 Å². The van der Waals surface area contributed by atoms with Gasteiger partial charge in [-0.3, -0.25) is 9.59 Å². The van der Waals surface area contributed by atoms with Gasteiger partial charge in [-0.15, -0.1) is 0 Å². The number of hydrogen-bond acceptors (Lipinski definition) is 7. The van der Waals surface area contributed by atoms with E-state index < -0.39 is 0 Å². The van der Waals surface area contributed by atoms with E-state index in [0.717, 1.165) is 44.2 Å². The molecule has 0 amide bonds. The van der Waals surface area contributed by atoms with Gasteiger partial charge in [0.2, 0.25) is 5.78 Å². The molecule has 0 unspecified atom stereocenters. The smallest absolute Gasteiger partial charge is 0.200 e. The van der Waals surface area contributed by atoms with Crippen molar-refractivity contribution >= 4 is 11.6 Å². The van der Waals surface area contributed by atoms with Crippen LogP contribution >= 0.6 is 0 Å². The van der Waals surface area contributed by atoms with E-state index in [1.54, 1.807) is 17.0 Å². The minimum Gasteiger partial charge on any atom is -0.332 e. The van der Waals surface area contributed by atoms with Gasteiger partial charge in [-0.2, -0.15) is 0 Å². The fourth-order valence-corrected chi connectivity index (χ4v) is 4.57. The summed E-state index contributed by atoms with van der Waals surface area (Å²) in [5.41, 5.74) is 11.2. The molecule has 0 spiro atoms. The number of nitrogens with zero attached hydrogens (tertiary/aromatic N) is 4. The van der Waals surface area contributed by atoms with Gasteiger partial charge >= 0.3 is 0 Å². The van der Waals surface area contributed by atoms with Crippen molar-refractivity contribution in [3.05, 3.63) is 18.2 Å². The number of imidazole rings is 1. The predicted octanol–water partition coefficient (Wildman–Crippen LogP) is 9.51. The van der Waals surface area contributed by atoms with E-state index in [9.17, 15) is 9.59 Å². The molecule has 1 aromatic rings. The van der Waals surface area contributed by atoms with Gasteiger partial charge in [0.15, 0.2) is 11.6 Å². The summed E-state index contributed by atoms with van der Waals surface area (Å²) < 4.78 is 1.74. The average molecular weight is 892 g/mol. The van der Waals surface area contributed by atoms with E-state index in [0.29, 0.717) is 11.7 Å². The zero-order valence-corrected chi connectivity index (χ0v) is 40.1. The summed E-state index contributed by atoms with van der Waals surface area (Å²) in [5.74, 6) is 3.38. The van der Waals surface area contributed by atoms with Crippen LogP contribution in [0.3, 0.4) is 0 Å². The molecule has 1 atom stereocenters. The molecule has 0 aliphatic heterocycles. The van der Waals surface area contributed by atoms with Crippen molar-refractivity contribution in [3.63, 3.8) is 0 Å². The second-order valence-corrected chi connectivity index (χ2v) is 16.1. The van der Waals surface area contributed by atoms with Crippen molar-refractivity contribution in [2.75, 3.05) is 47.3 Å². The van der Waals surface area contributed by atoms with Crippen molar-refractivity contribution in [3.8, 4) is 0 Å². The number of aromatic nitrogens is 2. The molecular formula is C42H90N6O2Ta. The Morgan fingerprint density at radius 1 is 0.706 bits per heavy atom. The van der Waals surface area contributed by atoms with Crippen molar-refractivity contribution in [1.82, 2.24) is 19.4 Å². The molecular weight excluding hydrogens is 801 g/mol. The largest absolute Gasteiger partial charge is 0.332 e. The molecule has 0 aliphatic rings. The Morgan fingerprint density at radius 3 is 1.49 bits per heavy atom. The first-order valence-electron chi connectivity index (χ1n) is 20.1. The Hall–Kier alpha value is -0.870. The van der Waals surface area contributed by atoms with Crippen LogP contribution in [0.1, 0.15) is 164 Å². The molecule has 0 saturated carbocycles. The summed E-state index contributed by atoms with van der Waals surface area (Å²) in [6.07, 6.45) is 17.0. The van der Waals surface area contributed by atoms with Crippen molar-refractivity contribution in [2.24, 2.45) is 48.1 Å². The Morgan fingerprint density at radius 2 is 1.14 bits per heavy atom. The van der Waals surface area contributed by atoms with Crippen LogP contribution in [0, 0.1) is 29.6 Å². The number of nitrogens with two attached hydrogens (primary N) is 2. The fourth-order valence-electron chi connectivity index (χ4n) is 4.57. The van der Waals surface area contributed by atoms with Crippen LogP contribution < -0.4 is 11.5 Å². The van der Waals surface area contributed by atoms with Crippen LogP contribution in [0.2, 0.25) is 0 Å². The molecule has 4 N–H and O–H groups in total. The average Bonchev–Trinajstić information content (AvgIpc) is 3.45. The standard InChI is InChI=1S/C11H26N2.C11H23NO.C9H21N.C8H12N2O.C3H8.Ta/c1-11(2)7-4-5-9-13(3)10-6-8-12;1-8(2)6-5-7-10(12)11(13)9(3)4;1-9(2)7-5-6-8-10(3)4;1-6(2)7(11)8-9-4-5-10(8)3;1-3-2;/h11H,4-10,12H2,1-3H3;8-10H,5-7,12H2,1-4H3;9H,5-8H2,1-4H3;4-6H,1-3H3;3H2,1-2H3;/t;10-;;;;/m.1..../s1. The van der Waals surface area contributed by atoms with E-state index >= 15 is 0 Å². The van der Waals surface area contributed by atoms with E-state index in [1.165, 1.54) is 64.5 Å². The Bertz CT molecular complexity index is 861. The maximum absolute atomic E-state index is 11.4. The number of rotatable bonds is 21. The van der Waals surface area contributed by atoms with Crippen molar-refractivity contribution < 1.29 is 32.0 Å². The van der Waals surface area contributed by atoms with E-state index in [2.05, 4.69) is 91.3 Å². The van der Waals surface area contributed by atoms with Crippen LogP contribution in [-0.2, 0) is 34.2 Å². The SMILES string of the molecule is CC(C)C(=O)c1nccn1C.CC(C)CCCCN(C)C.CC(C)CCCCN(C)CCCN.CC(C)CCC[C@@H](N)C(=O)C(C)C.CCC.[Ta]. The third-order valence-electron chi connectivity index (χ3n) is 7.75. The number of aryl methyl sites for hydroxylation is 1. The quantitative estimate of drug-likeness (QED) is 0.0935. The number of carbonyl (C=O) groups is 2. The van der Waals surface area contributed by atoms with Gasteiger partial charge in [-0.1, -0.05) is 128 Å². The summed E-state index contributed by atoms with van der Waals surface area (Å²) in [6.45, 7) is 29.8. The summed E-state index contributed by atoms with van der Waals surface area (Å²) >= 11 is 0. The third-order valence-corrected chi connectivity index (χ3v) is 7.75. The zero-order valence-electron chi connectivity index (χ0n) is 36.9. The van der Waals surface area contributed by atoms with Crippen LogP contribution in [0.15, 0.2) is 12.4 Å². The molecule has 0 aromatic carbocycles. The Kier molecular flexibility index (Phi) is 47.0. The van der Waals surface area contributed by atoms with E-state index in [1.807, 2.05) is 34.7 Å². The summed E-state index contributed by atoms with van der Waals surface area (Å²) in [7, 11) is 8.28. The Labute approximate surface area is 334 Å². The van der Waals surface area contributed by atoms with E-state index in [4.69, 9.17) is 11.5 Å². The third kappa shape index (κ3) is 45.2. The van der Waals surface area contributed by atoms with E-state index in [-0.39, 0.29) is 51.8 Å². The fraction of sp³-hybridized carbons (Fsp3) is 0.881. The minimum absolute atomic E-state index is 0. The molecule has 1 rings (SSSR count). The zero-order chi connectivity index (χ0) is 39.7. The van der Waals surface area contributed by atoms with Gasteiger partial charge in [-0.25, -0.2) is 4.98 Å². The molecule has 305 valence electrons. The Balaban J connectivity index is -0.000000179. The molecule has 1 radical (unpaired) electrons. The maximum atomic E-state index is 11.4. The molecule has 0 bridgehead atoms. The second-order valence-electron chi connectivity index (χ2n) is 16.1. The summed E-state index contributed by atoms with van der Waals surface area (Å²) in [6, 6.07) is -0.237. The number of ketones is 2. The number of Topliss-reactive ketones (excluding diaryl/α,β-unsaturated/α-hetero) is 2. The molecule has 1 aromatic heterocycles. The van der Waals surface area contributed by atoms with Crippen molar-refractivity contribution in [1.29, 1.82) is 0 Å². The van der Waals surface area contributed by atoms with Gasteiger partial charge in [-0.05, 0) is 90.8 Å². The maximum Gasteiger partial charge on any atom is 0.200 e. The number of carbonyl (C=O) groups excluding carboxylic acids is 2. The van der Waals surface area contributed by atoms with Gasteiger partial charge < -0.3 is 25.8 Å². The number of hydrogen-bond donors (Lipinski definition) is 2. The summed E-state index contributed by atoms with van der Waals surface area (Å²) in [4.78, 5) is 31.3. The predicted molar refractivity (Wildman–Crippen MR) is 222 cm³/mol. The van der Waals surface area contributed by atoms with Crippen LogP contribution in [0.25, 0.3) is 0 Å². The molecule has 0 fully saturated rings. The first kappa shape index (κ1) is 59.4. The van der Waals surface area contributed by atoms with Crippen LogP contribution in [-0.4, -0.2) is 84.3 Å².